The number of hydrazine groups is 1. The maximum Gasteiger partial charge on any atom is 0.338 e. The molecule has 0 aliphatic rings. The van der Waals surface area contributed by atoms with Crippen molar-refractivity contribution in [2.75, 3.05) is 13.1 Å². The lowest BCUT2D eigenvalue weighted by molar-refractivity contribution is -0.129. The number of amides is 2. The van der Waals surface area contributed by atoms with Crippen LogP contribution in [0.1, 0.15) is 41.5 Å². The Morgan fingerprint density at radius 1 is 0.938 bits per heavy atom. The van der Waals surface area contributed by atoms with Crippen molar-refractivity contribution in [3.63, 3.8) is 0 Å². The summed E-state index contributed by atoms with van der Waals surface area (Å²) in [6, 6.07) is 9.84. The van der Waals surface area contributed by atoms with E-state index in [4.69, 9.17) is 4.74 Å². The van der Waals surface area contributed by atoms with Gasteiger partial charge >= 0.3 is 5.97 Å². The molecule has 32 heavy (non-hydrogen) atoms. The summed E-state index contributed by atoms with van der Waals surface area (Å²) in [7, 11) is -3.66. The van der Waals surface area contributed by atoms with E-state index in [1.807, 2.05) is 0 Å². The van der Waals surface area contributed by atoms with Crippen LogP contribution in [0.15, 0.2) is 53.4 Å². The number of carbonyl (C=O) groups excluding carboxylic acids is 3. The fraction of sp³-hybridized carbons (Fsp3) is 0.286. The topological polar surface area (TPSA) is 122 Å². The summed E-state index contributed by atoms with van der Waals surface area (Å²) in [6.45, 7) is 5.37. The molecule has 11 heteroatoms. The molecule has 0 saturated heterocycles. The fourth-order valence-corrected chi connectivity index (χ4v) is 4.11. The third kappa shape index (κ3) is 6.11. The molecule has 0 saturated carbocycles. The van der Waals surface area contributed by atoms with Gasteiger partial charge in [0, 0.05) is 18.7 Å². The summed E-state index contributed by atoms with van der Waals surface area (Å²) in [6.07, 6.45) is -1.25. The van der Waals surface area contributed by atoms with Crippen LogP contribution < -0.4 is 10.9 Å². The number of benzene rings is 2. The third-order valence-corrected chi connectivity index (χ3v) is 6.56. The second-order valence-corrected chi connectivity index (χ2v) is 8.55. The van der Waals surface area contributed by atoms with Crippen molar-refractivity contribution >= 4 is 27.8 Å². The number of carbonyl (C=O) groups is 3. The Labute approximate surface area is 185 Å². The highest BCUT2D eigenvalue weighted by Gasteiger charge is 2.23. The Morgan fingerprint density at radius 3 is 2.00 bits per heavy atom. The van der Waals surface area contributed by atoms with E-state index in [1.54, 1.807) is 13.8 Å². The highest BCUT2D eigenvalue weighted by atomic mass is 32.2. The van der Waals surface area contributed by atoms with Gasteiger partial charge < -0.3 is 4.74 Å². The van der Waals surface area contributed by atoms with Crippen LogP contribution in [0.3, 0.4) is 0 Å². The Kier molecular flexibility index (Phi) is 8.44. The molecule has 2 rings (SSSR count). The van der Waals surface area contributed by atoms with Crippen molar-refractivity contribution in [1.29, 1.82) is 0 Å². The Morgan fingerprint density at radius 2 is 1.47 bits per heavy atom. The molecule has 0 radical (unpaired) electrons. The molecule has 0 fully saturated rings. The molecule has 0 bridgehead atoms. The predicted octanol–water partition coefficient (Wildman–Crippen LogP) is 1.86. The molecular weight excluding hydrogens is 441 g/mol. The summed E-state index contributed by atoms with van der Waals surface area (Å²) in [5.41, 5.74) is 4.42. The molecule has 172 valence electrons. The summed E-state index contributed by atoms with van der Waals surface area (Å²) in [4.78, 5) is 36.3. The Bertz CT molecular complexity index is 1070. The summed E-state index contributed by atoms with van der Waals surface area (Å²) >= 11 is 0. The molecule has 1 atom stereocenters. The van der Waals surface area contributed by atoms with E-state index >= 15 is 0 Å². The van der Waals surface area contributed by atoms with Gasteiger partial charge in [-0.15, -0.1) is 0 Å². The monoisotopic (exact) mass is 465 g/mol. The van der Waals surface area contributed by atoms with Crippen molar-refractivity contribution in [1.82, 2.24) is 15.2 Å². The molecule has 1 unspecified atom stereocenters. The van der Waals surface area contributed by atoms with Gasteiger partial charge in [-0.1, -0.05) is 13.8 Å². The SMILES string of the molecule is CCN(CC)S(=O)(=O)c1ccc(C(=O)OC(C)C(=O)NNC(=O)c2ccc(F)cc2)cc1. The molecule has 2 amide bonds. The van der Waals surface area contributed by atoms with Crippen LogP contribution in [0.5, 0.6) is 0 Å². The molecular formula is C21H24FN3O6S. The number of nitrogens with one attached hydrogen (secondary N) is 2. The first kappa shape index (κ1) is 25.0. The van der Waals surface area contributed by atoms with E-state index in [0.717, 1.165) is 12.1 Å². The minimum atomic E-state index is -3.66. The summed E-state index contributed by atoms with van der Waals surface area (Å²) in [5, 5.41) is 0. The zero-order valence-corrected chi connectivity index (χ0v) is 18.6. The molecule has 2 aromatic rings. The molecule has 0 aliphatic carbocycles. The normalized spacial score (nSPS) is 12.2. The fourth-order valence-electron chi connectivity index (χ4n) is 2.65. The number of sulfonamides is 1. The molecule has 2 aromatic carbocycles. The van der Waals surface area contributed by atoms with Gasteiger partial charge in [0.05, 0.1) is 10.5 Å². The van der Waals surface area contributed by atoms with E-state index in [9.17, 15) is 27.2 Å². The van der Waals surface area contributed by atoms with Crippen LogP contribution in [0.4, 0.5) is 4.39 Å². The van der Waals surface area contributed by atoms with Crippen molar-refractivity contribution in [3.8, 4) is 0 Å². The number of ether oxygens (including phenoxy) is 1. The van der Waals surface area contributed by atoms with Gasteiger partial charge in [0.15, 0.2) is 6.10 Å². The largest absolute Gasteiger partial charge is 0.449 e. The second kappa shape index (κ2) is 10.8. The Balaban J connectivity index is 1.94. The first-order chi connectivity index (χ1) is 15.1. The van der Waals surface area contributed by atoms with Crippen LogP contribution in [-0.2, 0) is 19.6 Å². The van der Waals surface area contributed by atoms with Crippen LogP contribution in [0.25, 0.3) is 0 Å². The zero-order valence-electron chi connectivity index (χ0n) is 17.8. The van der Waals surface area contributed by atoms with Gasteiger partial charge in [-0.3, -0.25) is 20.4 Å². The lowest BCUT2D eigenvalue weighted by Crippen LogP contribution is -2.46. The van der Waals surface area contributed by atoms with E-state index < -0.39 is 39.7 Å². The van der Waals surface area contributed by atoms with Gasteiger partial charge in [0.2, 0.25) is 10.0 Å². The Hall–Kier alpha value is -3.31. The third-order valence-electron chi connectivity index (χ3n) is 4.49. The van der Waals surface area contributed by atoms with Crippen molar-refractivity contribution < 1.29 is 31.9 Å². The minimum Gasteiger partial charge on any atom is -0.449 e. The van der Waals surface area contributed by atoms with Crippen molar-refractivity contribution in [2.45, 2.75) is 31.8 Å². The van der Waals surface area contributed by atoms with E-state index in [-0.39, 0.29) is 16.0 Å². The minimum absolute atomic E-state index is 0.0343. The van der Waals surface area contributed by atoms with E-state index in [0.29, 0.717) is 13.1 Å². The van der Waals surface area contributed by atoms with Gasteiger partial charge in [-0.05, 0) is 55.5 Å². The molecule has 2 N–H and O–H groups in total. The maximum atomic E-state index is 12.9. The number of nitrogens with zero attached hydrogens (tertiary/aromatic N) is 1. The maximum absolute atomic E-state index is 12.9. The van der Waals surface area contributed by atoms with Crippen molar-refractivity contribution in [2.24, 2.45) is 0 Å². The highest BCUT2D eigenvalue weighted by molar-refractivity contribution is 7.89. The molecule has 0 aliphatic heterocycles. The number of esters is 1. The summed E-state index contributed by atoms with van der Waals surface area (Å²) in [5.74, 6) is -2.83. The molecule has 0 heterocycles. The van der Waals surface area contributed by atoms with Crippen LogP contribution in [0, 0.1) is 5.82 Å². The van der Waals surface area contributed by atoms with Gasteiger partial charge in [-0.2, -0.15) is 4.31 Å². The van der Waals surface area contributed by atoms with Gasteiger partial charge in [0.25, 0.3) is 11.8 Å². The molecule has 0 aromatic heterocycles. The quantitative estimate of drug-likeness (QED) is 0.453. The zero-order chi connectivity index (χ0) is 23.9. The van der Waals surface area contributed by atoms with Crippen LogP contribution in [0.2, 0.25) is 0 Å². The average Bonchev–Trinajstić information content (AvgIpc) is 2.78. The lowest BCUT2D eigenvalue weighted by atomic mass is 10.2. The number of hydrogen-bond acceptors (Lipinski definition) is 6. The van der Waals surface area contributed by atoms with Crippen LogP contribution in [-0.4, -0.2) is 49.7 Å². The van der Waals surface area contributed by atoms with Gasteiger partial charge in [0.1, 0.15) is 5.82 Å². The van der Waals surface area contributed by atoms with E-state index in [1.165, 1.54) is 47.6 Å². The van der Waals surface area contributed by atoms with Crippen molar-refractivity contribution in [3.05, 3.63) is 65.5 Å². The number of halogens is 1. The second-order valence-electron chi connectivity index (χ2n) is 6.61. The molecule has 0 spiro atoms. The summed E-state index contributed by atoms with van der Waals surface area (Å²) < 4.78 is 44.2. The highest BCUT2D eigenvalue weighted by Crippen LogP contribution is 2.17. The number of rotatable bonds is 8. The predicted molar refractivity (Wildman–Crippen MR) is 113 cm³/mol. The lowest BCUT2D eigenvalue weighted by Gasteiger charge is -2.18. The van der Waals surface area contributed by atoms with Gasteiger partial charge in [-0.25, -0.2) is 17.6 Å². The standard InChI is InChI=1S/C21H24FN3O6S/c1-4-25(5-2)32(29,30)18-12-8-16(9-13-18)21(28)31-14(3)19(26)23-24-20(27)15-6-10-17(22)11-7-15/h6-14H,4-5H2,1-3H3,(H,23,26)(H,24,27). The van der Waals surface area contributed by atoms with E-state index in [2.05, 4.69) is 10.9 Å². The smallest absolute Gasteiger partial charge is 0.338 e. The first-order valence-electron chi connectivity index (χ1n) is 9.77. The molecule has 9 nitrogen and oxygen atoms in total. The number of hydrogen-bond donors (Lipinski definition) is 2. The van der Waals surface area contributed by atoms with Crippen LogP contribution >= 0.6 is 0 Å². The first-order valence-corrected chi connectivity index (χ1v) is 11.2. The average molecular weight is 466 g/mol.